The van der Waals surface area contributed by atoms with Crippen LogP contribution in [0, 0.1) is 11.3 Å². The first-order chi connectivity index (χ1) is 9.13. The van der Waals surface area contributed by atoms with E-state index in [1.807, 2.05) is 0 Å². The van der Waals surface area contributed by atoms with E-state index in [4.69, 9.17) is 20.7 Å². The molecule has 0 heterocycles. The molecule has 0 N–H and O–H groups in total. The number of ether oxygens (including phenoxy) is 1. The van der Waals surface area contributed by atoms with Crippen LogP contribution in [-0.4, -0.2) is 20.8 Å². The van der Waals surface area contributed by atoms with Crippen LogP contribution in [0.25, 0.3) is 0 Å². The molecule has 1 rings (SSSR count). The molecular weight excluding hydrogens is 319 g/mol. The predicted molar refractivity (Wildman–Crippen MR) is 65.9 cm³/mol. The predicted octanol–water partition coefficient (Wildman–Crippen LogP) is 2.91. The molecule has 0 saturated heterocycles. The third-order valence-corrected chi connectivity index (χ3v) is 3.44. The van der Waals surface area contributed by atoms with Crippen molar-refractivity contribution in [2.75, 3.05) is 12.4 Å². The smallest absolute Gasteiger partial charge is 0.420 e. The summed E-state index contributed by atoms with van der Waals surface area (Å²) in [6.07, 6.45) is -4.70. The normalized spacial score (nSPS) is 11.9. The Bertz CT molecular complexity index is 623. The SMILES string of the molecule is N#Cc1ccc(OCCCS(=O)(=O)Cl)c(C(F)(F)F)c1. The second kappa shape index (κ2) is 6.33. The van der Waals surface area contributed by atoms with Gasteiger partial charge in [0.2, 0.25) is 9.05 Å². The van der Waals surface area contributed by atoms with Crippen molar-refractivity contribution < 1.29 is 26.3 Å². The molecule has 0 aliphatic rings. The highest BCUT2D eigenvalue weighted by Crippen LogP contribution is 2.36. The van der Waals surface area contributed by atoms with E-state index in [1.165, 1.54) is 6.07 Å². The molecule has 0 aliphatic heterocycles. The number of benzene rings is 1. The zero-order chi connectivity index (χ0) is 15.4. The van der Waals surface area contributed by atoms with Gasteiger partial charge in [0.15, 0.2) is 0 Å². The topological polar surface area (TPSA) is 67.2 Å². The molecule has 0 saturated carbocycles. The Hall–Kier alpha value is -1.46. The molecule has 110 valence electrons. The average Bonchev–Trinajstić information content (AvgIpc) is 2.32. The summed E-state index contributed by atoms with van der Waals surface area (Å²) in [5.41, 5.74) is -1.22. The zero-order valence-corrected chi connectivity index (χ0v) is 11.5. The third-order valence-electron chi connectivity index (χ3n) is 2.20. The van der Waals surface area contributed by atoms with Crippen LogP contribution in [0.1, 0.15) is 17.5 Å². The second-order valence-electron chi connectivity index (χ2n) is 3.77. The minimum Gasteiger partial charge on any atom is -0.493 e. The van der Waals surface area contributed by atoms with E-state index in [1.54, 1.807) is 6.07 Å². The quantitative estimate of drug-likeness (QED) is 0.616. The van der Waals surface area contributed by atoms with E-state index in [-0.39, 0.29) is 18.6 Å². The van der Waals surface area contributed by atoms with Gasteiger partial charge in [-0.15, -0.1) is 0 Å². The van der Waals surface area contributed by atoms with Crippen molar-refractivity contribution in [1.29, 1.82) is 5.26 Å². The van der Waals surface area contributed by atoms with E-state index in [0.29, 0.717) is 6.07 Å². The molecule has 0 fully saturated rings. The van der Waals surface area contributed by atoms with Crippen LogP contribution in [0.2, 0.25) is 0 Å². The molecule has 20 heavy (non-hydrogen) atoms. The lowest BCUT2D eigenvalue weighted by Gasteiger charge is -2.13. The fourth-order valence-electron chi connectivity index (χ4n) is 1.36. The lowest BCUT2D eigenvalue weighted by Crippen LogP contribution is -2.11. The van der Waals surface area contributed by atoms with E-state index < -0.39 is 32.3 Å². The van der Waals surface area contributed by atoms with E-state index in [2.05, 4.69) is 0 Å². The van der Waals surface area contributed by atoms with Gasteiger partial charge in [-0.25, -0.2) is 8.42 Å². The molecule has 0 unspecified atom stereocenters. The van der Waals surface area contributed by atoms with Crippen molar-refractivity contribution >= 4 is 19.7 Å². The zero-order valence-electron chi connectivity index (χ0n) is 9.95. The summed E-state index contributed by atoms with van der Waals surface area (Å²) in [5.74, 6) is -0.852. The highest BCUT2D eigenvalue weighted by molar-refractivity contribution is 8.13. The molecule has 1 aromatic rings. The third kappa shape index (κ3) is 5.27. The Labute approximate surface area is 118 Å². The van der Waals surface area contributed by atoms with Crippen molar-refractivity contribution in [3.8, 4) is 11.8 Å². The van der Waals surface area contributed by atoms with Crippen molar-refractivity contribution in [2.45, 2.75) is 12.6 Å². The molecule has 1 aromatic carbocycles. The Morgan fingerprint density at radius 1 is 1.35 bits per heavy atom. The molecule has 0 aliphatic carbocycles. The molecule has 0 amide bonds. The van der Waals surface area contributed by atoms with Crippen LogP contribution < -0.4 is 4.74 Å². The van der Waals surface area contributed by atoms with Crippen LogP contribution in [0.15, 0.2) is 18.2 Å². The minimum absolute atomic E-state index is 0.0386. The number of hydrogen-bond donors (Lipinski definition) is 0. The van der Waals surface area contributed by atoms with E-state index >= 15 is 0 Å². The number of rotatable bonds is 5. The Balaban J connectivity index is 2.82. The number of hydrogen-bond acceptors (Lipinski definition) is 4. The Morgan fingerprint density at radius 2 is 2.00 bits per heavy atom. The maximum atomic E-state index is 12.8. The van der Waals surface area contributed by atoms with Crippen molar-refractivity contribution in [2.24, 2.45) is 0 Å². The Kier molecular flexibility index (Phi) is 5.25. The average molecular weight is 328 g/mol. The summed E-state index contributed by atoms with van der Waals surface area (Å²) in [5, 5.41) is 8.58. The molecule has 9 heteroatoms. The molecule has 0 radical (unpaired) electrons. The molecular formula is C11H9ClF3NO3S. The first-order valence-electron chi connectivity index (χ1n) is 5.30. The van der Waals surface area contributed by atoms with Crippen molar-refractivity contribution in [3.63, 3.8) is 0 Å². The second-order valence-corrected chi connectivity index (χ2v) is 6.66. The highest BCUT2D eigenvalue weighted by atomic mass is 35.7. The van der Waals surface area contributed by atoms with Crippen LogP contribution in [0.4, 0.5) is 13.2 Å². The van der Waals surface area contributed by atoms with Gasteiger partial charge in [-0.1, -0.05) is 0 Å². The van der Waals surface area contributed by atoms with Crippen LogP contribution in [-0.2, 0) is 15.2 Å². The Morgan fingerprint density at radius 3 is 2.50 bits per heavy atom. The largest absolute Gasteiger partial charge is 0.493 e. The van der Waals surface area contributed by atoms with E-state index in [0.717, 1.165) is 6.07 Å². The van der Waals surface area contributed by atoms with E-state index in [9.17, 15) is 21.6 Å². The lowest BCUT2D eigenvalue weighted by atomic mass is 10.1. The van der Waals surface area contributed by atoms with Gasteiger partial charge in [-0.05, 0) is 24.6 Å². The standard InChI is InChI=1S/C11H9ClF3NO3S/c12-20(17,18)5-1-4-19-10-3-2-8(7-16)6-9(10)11(13,14)15/h2-3,6H,1,4-5H2. The van der Waals surface area contributed by atoms with Crippen LogP contribution >= 0.6 is 10.7 Å². The van der Waals surface area contributed by atoms with Gasteiger partial charge in [0.25, 0.3) is 0 Å². The van der Waals surface area contributed by atoms with Gasteiger partial charge in [-0.3, -0.25) is 0 Å². The van der Waals surface area contributed by atoms with Crippen molar-refractivity contribution in [1.82, 2.24) is 0 Å². The molecule has 0 aromatic heterocycles. The van der Waals surface area contributed by atoms with Gasteiger partial charge >= 0.3 is 6.18 Å². The summed E-state index contributed by atoms with van der Waals surface area (Å²) in [7, 11) is 1.26. The van der Waals surface area contributed by atoms with Gasteiger partial charge in [0.05, 0.1) is 29.6 Å². The summed E-state index contributed by atoms with van der Waals surface area (Å²) >= 11 is 0. The lowest BCUT2D eigenvalue weighted by molar-refractivity contribution is -0.139. The number of nitriles is 1. The highest BCUT2D eigenvalue weighted by Gasteiger charge is 2.34. The van der Waals surface area contributed by atoms with Gasteiger partial charge in [0.1, 0.15) is 5.75 Å². The van der Waals surface area contributed by atoms with Crippen LogP contribution in [0.3, 0.4) is 0 Å². The molecule has 0 atom stereocenters. The molecule has 0 bridgehead atoms. The first-order valence-corrected chi connectivity index (χ1v) is 7.78. The summed E-state index contributed by atoms with van der Waals surface area (Å²) in [6, 6.07) is 4.48. The number of halogens is 4. The van der Waals surface area contributed by atoms with Crippen LogP contribution in [0.5, 0.6) is 5.75 Å². The molecule has 4 nitrogen and oxygen atoms in total. The monoisotopic (exact) mass is 327 g/mol. The summed E-state index contributed by atoms with van der Waals surface area (Å²) in [4.78, 5) is 0. The number of alkyl halides is 3. The summed E-state index contributed by atoms with van der Waals surface area (Å²) in [6.45, 7) is -0.235. The van der Waals surface area contributed by atoms with Crippen molar-refractivity contribution in [3.05, 3.63) is 29.3 Å². The fourth-order valence-corrected chi connectivity index (χ4v) is 2.15. The van der Waals surface area contributed by atoms with Gasteiger partial charge in [-0.2, -0.15) is 18.4 Å². The maximum Gasteiger partial charge on any atom is 0.420 e. The fraction of sp³-hybridized carbons (Fsp3) is 0.364. The van der Waals surface area contributed by atoms with Gasteiger partial charge in [0, 0.05) is 10.7 Å². The first kappa shape index (κ1) is 16.6. The minimum atomic E-state index is -4.67. The number of nitrogens with zero attached hydrogens (tertiary/aromatic N) is 1. The van der Waals surface area contributed by atoms with Gasteiger partial charge < -0.3 is 4.74 Å². The molecule has 0 spiro atoms. The summed E-state index contributed by atoms with van der Waals surface area (Å²) < 4.78 is 64.5. The maximum absolute atomic E-state index is 12.8.